The van der Waals surface area contributed by atoms with Gasteiger partial charge in [0.05, 0.1) is 22.8 Å². The van der Waals surface area contributed by atoms with E-state index in [9.17, 15) is 9.59 Å². The lowest BCUT2D eigenvalue weighted by Crippen LogP contribution is -2.46. The van der Waals surface area contributed by atoms with Gasteiger partial charge in [0.15, 0.2) is 17.4 Å². The van der Waals surface area contributed by atoms with E-state index in [0.717, 1.165) is 19.4 Å². The van der Waals surface area contributed by atoms with Gasteiger partial charge < -0.3 is 29.9 Å². The highest BCUT2D eigenvalue weighted by Gasteiger charge is 2.33. The first kappa shape index (κ1) is 19.4. The molecule has 0 spiro atoms. The minimum atomic E-state index is -1.69. The number of nitrogens with zero attached hydrogens (tertiary/aromatic N) is 3. The smallest absolute Gasteiger partial charge is 0.449 e. The van der Waals surface area contributed by atoms with Crippen LogP contribution in [0.2, 0.25) is 0 Å². The molecule has 0 bridgehead atoms. The Hall–Kier alpha value is -2.88. The lowest BCUT2D eigenvalue weighted by Gasteiger charge is -2.36. The molecule has 1 saturated carbocycles. The zero-order valence-electron chi connectivity index (χ0n) is 16.0. The summed E-state index contributed by atoms with van der Waals surface area (Å²) in [7, 11) is 0. The molecule has 1 aliphatic heterocycles. The lowest BCUT2D eigenvalue weighted by atomic mass is 10.1. The van der Waals surface area contributed by atoms with Crippen LogP contribution in [-0.4, -0.2) is 53.5 Å². The molecule has 0 unspecified atom stereocenters. The molecule has 4 rings (SSSR count). The number of anilines is 2. The first-order valence-corrected chi connectivity index (χ1v) is 9.56. The molecule has 2 fully saturated rings. The number of benzene rings is 1. The van der Waals surface area contributed by atoms with Gasteiger partial charge in [-0.2, -0.15) is 0 Å². The number of rotatable bonds is 4. The number of nitrogens with two attached hydrogens (primary N) is 1. The second-order valence-corrected chi connectivity index (χ2v) is 7.36. The van der Waals surface area contributed by atoms with Crippen LogP contribution < -0.4 is 20.8 Å². The number of halogens is 2. The molecule has 2 heterocycles. The number of ether oxygens (including phenoxy) is 1. The van der Waals surface area contributed by atoms with Crippen molar-refractivity contribution in [2.45, 2.75) is 25.8 Å². The number of piperazine rings is 1. The fourth-order valence-corrected chi connectivity index (χ4v) is 3.90. The van der Waals surface area contributed by atoms with E-state index in [1.165, 1.54) is 10.8 Å². The van der Waals surface area contributed by atoms with Crippen LogP contribution in [0.15, 0.2) is 11.0 Å². The average Bonchev–Trinajstić information content (AvgIpc) is 3.53. The number of fused-ring (bicyclic) bond motifs is 1. The fourth-order valence-electron chi connectivity index (χ4n) is 3.90. The van der Waals surface area contributed by atoms with Gasteiger partial charge in [-0.25, -0.2) is 13.6 Å². The van der Waals surface area contributed by atoms with Gasteiger partial charge in [-0.15, -0.1) is 0 Å². The van der Waals surface area contributed by atoms with Crippen molar-refractivity contribution in [3.63, 3.8) is 0 Å². The Labute approximate surface area is 165 Å². The number of hydrogen-bond donors (Lipinski definition) is 2. The zero-order valence-corrected chi connectivity index (χ0v) is 16.0. The molecule has 1 aromatic heterocycles. The summed E-state index contributed by atoms with van der Waals surface area (Å²) < 4.78 is 36.8. The van der Waals surface area contributed by atoms with E-state index in [0.29, 0.717) is 26.2 Å². The first-order valence-electron chi connectivity index (χ1n) is 9.56. The highest BCUT2D eigenvalue weighted by Crippen LogP contribution is 2.42. The summed E-state index contributed by atoms with van der Waals surface area (Å²) in [6.45, 7) is 5.06. The molecule has 0 radical (unpaired) electrons. The number of aromatic nitrogens is 1. The maximum atomic E-state index is 15.6. The van der Waals surface area contributed by atoms with E-state index in [1.54, 1.807) is 4.90 Å². The third kappa shape index (κ3) is 3.27. The van der Waals surface area contributed by atoms with Crippen LogP contribution in [0.25, 0.3) is 10.9 Å². The maximum absolute atomic E-state index is 15.6. The van der Waals surface area contributed by atoms with Gasteiger partial charge in [0.25, 0.3) is 0 Å². The Morgan fingerprint density at radius 1 is 1.24 bits per heavy atom. The molecule has 0 amide bonds. The topological polar surface area (TPSA) is 101 Å². The minimum absolute atomic E-state index is 0.109. The molecular formula is C19H22F2N4O4. The second-order valence-electron chi connectivity index (χ2n) is 7.36. The molecule has 0 atom stereocenters. The van der Waals surface area contributed by atoms with Crippen molar-refractivity contribution in [1.29, 1.82) is 0 Å². The van der Waals surface area contributed by atoms with Crippen LogP contribution >= 0.6 is 0 Å². The van der Waals surface area contributed by atoms with Gasteiger partial charge in [-0.3, -0.25) is 4.79 Å². The summed E-state index contributed by atoms with van der Waals surface area (Å²) in [5.74, 6) is -2.39. The highest BCUT2D eigenvalue weighted by molar-refractivity contribution is 5.96. The number of carboxylic acid groups (broad SMARTS) is 1. The first-order chi connectivity index (χ1) is 13.8. The van der Waals surface area contributed by atoms with Crippen LogP contribution in [0, 0.1) is 11.6 Å². The Morgan fingerprint density at radius 2 is 1.90 bits per heavy atom. The maximum Gasteiger partial charge on any atom is 0.511 e. The van der Waals surface area contributed by atoms with Gasteiger partial charge in [-0.05, 0) is 19.4 Å². The average molecular weight is 408 g/mol. The van der Waals surface area contributed by atoms with E-state index in [1.807, 2.05) is 6.92 Å². The molecule has 8 nitrogen and oxygen atoms in total. The van der Waals surface area contributed by atoms with Crippen molar-refractivity contribution in [3.05, 3.63) is 28.1 Å². The molecule has 10 heteroatoms. The van der Waals surface area contributed by atoms with E-state index in [-0.39, 0.29) is 22.6 Å². The van der Waals surface area contributed by atoms with E-state index < -0.39 is 34.7 Å². The van der Waals surface area contributed by atoms with Gasteiger partial charge in [0.1, 0.15) is 5.69 Å². The lowest BCUT2D eigenvalue weighted by molar-refractivity contribution is 0.143. The van der Waals surface area contributed by atoms with Crippen molar-refractivity contribution in [2.75, 3.05) is 43.4 Å². The predicted molar refractivity (Wildman–Crippen MR) is 104 cm³/mol. The third-order valence-electron chi connectivity index (χ3n) is 5.60. The van der Waals surface area contributed by atoms with Crippen molar-refractivity contribution in [1.82, 2.24) is 9.47 Å². The fraction of sp³-hybridized carbons (Fsp3) is 0.474. The normalized spacial score (nSPS) is 17.7. The van der Waals surface area contributed by atoms with Crippen LogP contribution in [0.5, 0.6) is 5.75 Å². The molecule has 1 aromatic carbocycles. The molecule has 156 valence electrons. The standard InChI is InChI=1S/C19H22F2N4O4/c1-2-23-5-7-24(8-6-23)17-13(20)15(22)12-16(14(17)21)25(10-3-4-10)9-11(18(12)26)29-19(27)28/h9-10H,2-8,22H2,1H3,(H,27,28). The van der Waals surface area contributed by atoms with Crippen molar-refractivity contribution in [3.8, 4) is 5.75 Å². The molecule has 1 saturated heterocycles. The predicted octanol–water partition coefficient (Wildman–Crippen LogP) is 2.40. The van der Waals surface area contributed by atoms with Crippen molar-refractivity contribution < 1.29 is 23.4 Å². The van der Waals surface area contributed by atoms with E-state index >= 15 is 8.78 Å². The summed E-state index contributed by atoms with van der Waals surface area (Å²) in [6.07, 6.45) is 0.946. The van der Waals surface area contributed by atoms with E-state index in [2.05, 4.69) is 9.64 Å². The molecule has 1 aliphatic carbocycles. The molecule has 2 aromatic rings. The number of carbonyl (C=O) groups is 1. The zero-order chi connectivity index (χ0) is 20.9. The Balaban J connectivity index is 1.94. The third-order valence-corrected chi connectivity index (χ3v) is 5.60. The van der Waals surface area contributed by atoms with Crippen molar-refractivity contribution >= 4 is 28.4 Å². The second kappa shape index (κ2) is 7.18. The largest absolute Gasteiger partial charge is 0.511 e. The van der Waals surface area contributed by atoms with Crippen LogP contribution in [0.1, 0.15) is 25.8 Å². The van der Waals surface area contributed by atoms with Gasteiger partial charge in [0, 0.05) is 32.2 Å². The summed E-state index contributed by atoms with van der Waals surface area (Å²) in [6, 6.07) is -0.126. The van der Waals surface area contributed by atoms with Crippen LogP contribution in [0.3, 0.4) is 0 Å². The Bertz CT molecular complexity index is 1040. The SMILES string of the molecule is CCN1CCN(c2c(F)c(N)c3c(=O)c(OC(=O)O)cn(C4CC4)c3c2F)CC1. The Kier molecular flexibility index (Phi) is 4.81. The molecular weight excluding hydrogens is 386 g/mol. The summed E-state index contributed by atoms with van der Waals surface area (Å²) in [5, 5.41) is 8.50. The highest BCUT2D eigenvalue weighted by atomic mass is 19.1. The van der Waals surface area contributed by atoms with Gasteiger partial charge >= 0.3 is 6.16 Å². The Morgan fingerprint density at radius 3 is 2.45 bits per heavy atom. The summed E-state index contributed by atoms with van der Waals surface area (Å²) >= 11 is 0. The quantitative estimate of drug-likeness (QED) is 0.592. The van der Waals surface area contributed by atoms with Crippen LogP contribution in [0.4, 0.5) is 25.0 Å². The number of pyridine rings is 1. The molecule has 29 heavy (non-hydrogen) atoms. The van der Waals surface area contributed by atoms with Crippen molar-refractivity contribution in [2.24, 2.45) is 0 Å². The molecule has 3 N–H and O–H groups in total. The van der Waals surface area contributed by atoms with Crippen LogP contribution in [-0.2, 0) is 0 Å². The van der Waals surface area contributed by atoms with Gasteiger partial charge in [-0.1, -0.05) is 6.92 Å². The number of nitrogen functional groups attached to an aromatic ring is 1. The molecule has 2 aliphatic rings. The van der Waals surface area contributed by atoms with Gasteiger partial charge in [0.2, 0.25) is 5.43 Å². The van der Waals surface area contributed by atoms with E-state index in [4.69, 9.17) is 10.8 Å². The monoisotopic (exact) mass is 408 g/mol. The minimum Gasteiger partial charge on any atom is -0.449 e. The number of hydrogen-bond acceptors (Lipinski definition) is 6. The number of likely N-dealkylation sites (N-methyl/N-ethyl adjacent to an activating group) is 1. The summed E-state index contributed by atoms with van der Waals surface area (Å²) in [4.78, 5) is 27.4. The summed E-state index contributed by atoms with van der Waals surface area (Å²) in [5.41, 5.74) is 4.15.